The van der Waals surface area contributed by atoms with E-state index in [1.54, 1.807) is 49.6 Å². The van der Waals surface area contributed by atoms with E-state index in [-0.39, 0.29) is 13.0 Å². The number of nitrogens with zero attached hydrogens (tertiary/aromatic N) is 1. The van der Waals surface area contributed by atoms with Crippen LogP contribution in [0, 0.1) is 15.9 Å². The van der Waals surface area contributed by atoms with Crippen LogP contribution in [0.5, 0.6) is 0 Å². The largest absolute Gasteiger partial charge is 0.612 e. The van der Waals surface area contributed by atoms with E-state index in [9.17, 15) is 23.9 Å². The highest BCUT2D eigenvalue weighted by Crippen LogP contribution is 2.44. The number of esters is 1. The van der Waals surface area contributed by atoms with Crippen LogP contribution in [0.15, 0.2) is 76.9 Å². The van der Waals surface area contributed by atoms with E-state index in [4.69, 9.17) is 4.74 Å². The second-order valence-corrected chi connectivity index (χ2v) is 10.2. The highest BCUT2D eigenvalue weighted by molar-refractivity contribution is 7.90. The molecule has 1 aliphatic carbocycles. The van der Waals surface area contributed by atoms with Crippen molar-refractivity contribution in [3.05, 3.63) is 105 Å². The van der Waals surface area contributed by atoms with Gasteiger partial charge in [0.25, 0.3) is 5.09 Å². The Morgan fingerprint density at radius 3 is 2.62 bits per heavy atom. The zero-order valence-electron chi connectivity index (χ0n) is 20.4. The first-order valence-corrected chi connectivity index (χ1v) is 12.9. The lowest BCUT2D eigenvalue weighted by Crippen LogP contribution is -2.46. The third-order valence-electron chi connectivity index (χ3n) is 6.07. The van der Waals surface area contributed by atoms with E-state index in [1.807, 2.05) is 25.1 Å². The highest BCUT2D eigenvalue weighted by Gasteiger charge is 2.31. The van der Waals surface area contributed by atoms with Crippen molar-refractivity contribution >= 4 is 34.4 Å². The van der Waals surface area contributed by atoms with Gasteiger partial charge >= 0.3 is 5.97 Å². The first-order chi connectivity index (χ1) is 17.5. The molecule has 192 valence electrons. The minimum absolute atomic E-state index is 0.108. The molecular formula is C27H25FN2O6S. The molecule has 2 aliphatic rings. The number of carbonyl (C=O) groups is 1. The van der Waals surface area contributed by atoms with E-state index in [1.165, 1.54) is 12.1 Å². The van der Waals surface area contributed by atoms with Crippen molar-refractivity contribution in [2.24, 2.45) is 0 Å². The van der Waals surface area contributed by atoms with Crippen LogP contribution in [0.3, 0.4) is 0 Å². The average molecular weight is 525 g/mol. The van der Waals surface area contributed by atoms with Crippen molar-refractivity contribution in [2.45, 2.75) is 30.9 Å². The van der Waals surface area contributed by atoms with Crippen LogP contribution < -0.4 is 5.32 Å². The monoisotopic (exact) mass is 524 g/mol. The van der Waals surface area contributed by atoms with Crippen LogP contribution in [0.1, 0.15) is 37.0 Å². The summed E-state index contributed by atoms with van der Waals surface area (Å²) in [7, 11) is 0. The summed E-state index contributed by atoms with van der Waals surface area (Å²) in [5.74, 6) is -0.977. The molecule has 0 radical (unpaired) electrons. The SMILES string of the molecule is CC1=C(CC(=O)OC2(C)C=CC=C(CO[N+](=O)[O-])N2)c2cc(F)ccc2/C1=C\c1ccc([S+](C)[O-])cc1. The van der Waals surface area contributed by atoms with Crippen LogP contribution in [-0.4, -0.2) is 34.2 Å². The number of hydrogen-bond acceptors (Lipinski definition) is 7. The number of allylic oxidation sites excluding steroid dienone is 4. The van der Waals surface area contributed by atoms with Gasteiger partial charge in [-0.1, -0.05) is 12.1 Å². The number of ether oxygens (including phenoxy) is 1. The Hall–Kier alpha value is -3.89. The van der Waals surface area contributed by atoms with Crippen molar-refractivity contribution < 1.29 is 28.4 Å². The fraction of sp³-hybridized carbons (Fsp3) is 0.222. The Balaban J connectivity index is 1.57. The Morgan fingerprint density at radius 1 is 1.22 bits per heavy atom. The van der Waals surface area contributed by atoms with Crippen molar-refractivity contribution in [1.29, 1.82) is 0 Å². The molecule has 2 aromatic rings. The van der Waals surface area contributed by atoms with Gasteiger partial charge in [-0.25, -0.2) is 4.39 Å². The normalized spacial score (nSPS) is 20.2. The maximum Gasteiger partial charge on any atom is 0.312 e. The lowest BCUT2D eigenvalue weighted by atomic mass is 10.0. The second kappa shape index (κ2) is 10.6. The molecule has 8 nitrogen and oxygen atoms in total. The van der Waals surface area contributed by atoms with Crippen LogP contribution in [0.4, 0.5) is 4.39 Å². The molecule has 0 saturated carbocycles. The Bertz CT molecular complexity index is 1360. The number of fused-ring (bicyclic) bond motifs is 1. The average Bonchev–Trinajstić information content (AvgIpc) is 3.08. The van der Waals surface area contributed by atoms with Gasteiger partial charge in [0.05, 0.1) is 6.42 Å². The number of nitrogens with one attached hydrogen (secondary N) is 1. The van der Waals surface area contributed by atoms with Crippen LogP contribution >= 0.6 is 0 Å². The zero-order chi connectivity index (χ0) is 26.7. The van der Waals surface area contributed by atoms with Crippen LogP contribution in [0.25, 0.3) is 17.2 Å². The molecule has 1 heterocycles. The number of dihydropyridines is 1. The van der Waals surface area contributed by atoms with Crippen LogP contribution in [0.2, 0.25) is 0 Å². The van der Waals surface area contributed by atoms with Gasteiger partial charge in [0.1, 0.15) is 18.7 Å². The number of carbonyl (C=O) groups excluding carboxylic acids is 1. The molecule has 0 aromatic heterocycles. The number of hydrogen-bond donors (Lipinski definition) is 1. The third-order valence-corrected chi connectivity index (χ3v) is 7.01. The summed E-state index contributed by atoms with van der Waals surface area (Å²) in [4.78, 5) is 28.6. The molecule has 10 heteroatoms. The second-order valence-electron chi connectivity index (χ2n) is 8.81. The molecule has 0 spiro atoms. The van der Waals surface area contributed by atoms with E-state index in [0.29, 0.717) is 21.7 Å². The Kier molecular flexibility index (Phi) is 7.51. The summed E-state index contributed by atoms with van der Waals surface area (Å²) in [6.07, 6.45) is 8.28. The van der Waals surface area contributed by atoms with E-state index < -0.39 is 33.8 Å². The van der Waals surface area contributed by atoms with Gasteiger partial charge < -0.3 is 19.4 Å². The molecule has 4 rings (SSSR count). The van der Waals surface area contributed by atoms with Gasteiger partial charge in [-0.2, -0.15) is 0 Å². The summed E-state index contributed by atoms with van der Waals surface area (Å²) in [6.45, 7) is 3.17. The molecular weight excluding hydrogens is 499 g/mol. The number of rotatable bonds is 8. The molecule has 2 atom stereocenters. The molecule has 0 bridgehead atoms. The number of benzene rings is 2. The van der Waals surface area contributed by atoms with Gasteiger partial charge in [0, 0.05) is 5.70 Å². The molecule has 2 unspecified atom stereocenters. The minimum Gasteiger partial charge on any atom is -0.612 e. The zero-order valence-corrected chi connectivity index (χ0v) is 21.3. The molecule has 0 saturated heterocycles. The summed E-state index contributed by atoms with van der Waals surface area (Å²) in [5.41, 5.74) is 3.75. The van der Waals surface area contributed by atoms with Crippen molar-refractivity contribution in [1.82, 2.24) is 5.32 Å². The fourth-order valence-corrected chi connectivity index (χ4v) is 4.86. The highest BCUT2D eigenvalue weighted by atomic mass is 32.2. The standard InChI is InChI=1S/C27H25FN2O6S/c1-17-23(13-18-6-9-21(10-7-18)37(3)34)22-11-8-19(28)14-25(22)24(17)15-26(31)36-27(2)12-4-5-20(29-27)16-35-30(32)33/h4-14,29H,15-16H2,1-3H3/b23-13-. The molecule has 2 aromatic carbocycles. The smallest absolute Gasteiger partial charge is 0.312 e. The lowest BCUT2D eigenvalue weighted by molar-refractivity contribution is -0.755. The van der Waals surface area contributed by atoms with Gasteiger partial charge in [0.2, 0.25) is 5.72 Å². The predicted octanol–water partition coefficient (Wildman–Crippen LogP) is 4.79. The first-order valence-electron chi connectivity index (χ1n) is 11.4. The molecule has 37 heavy (non-hydrogen) atoms. The van der Waals surface area contributed by atoms with E-state index in [0.717, 1.165) is 22.3 Å². The lowest BCUT2D eigenvalue weighted by Gasteiger charge is -2.31. The van der Waals surface area contributed by atoms with Gasteiger partial charge in [-0.05, 0) is 113 Å². The maximum atomic E-state index is 14.2. The summed E-state index contributed by atoms with van der Waals surface area (Å²) >= 11 is -1.09. The van der Waals surface area contributed by atoms with Crippen molar-refractivity contribution in [2.75, 3.05) is 12.9 Å². The first kappa shape index (κ1) is 26.2. The fourth-order valence-electron chi connectivity index (χ4n) is 4.34. The molecule has 0 fully saturated rings. The summed E-state index contributed by atoms with van der Waals surface area (Å²) in [5, 5.41) is 12.5. The van der Waals surface area contributed by atoms with E-state index >= 15 is 0 Å². The van der Waals surface area contributed by atoms with Gasteiger partial charge in [-0.15, -0.1) is 10.1 Å². The van der Waals surface area contributed by atoms with Gasteiger partial charge in [0.15, 0.2) is 4.90 Å². The summed E-state index contributed by atoms with van der Waals surface area (Å²) in [6, 6.07) is 11.8. The number of halogens is 1. The van der Waals surface area contributed by atoms with Crippen molar-refractivity contribution in [3.8, 4) is 0 Å². The van der Waals surface area contributed by atoms with Gasteiger partial charge in [-0.3, -0.25) is 4.79 Å². The third kappa shape index (κ3) is 6.10. The predicted molar refractivity (Wildman–Crippen MR) is 138 cm³/mol. The minimum atomic E-state index is -1.24. The maximum absolute atomic E-state index is 14.2. The Morgan fingerprint density at radius 2 is 1.95 bits per heavy atom. The quantitative estimate of drug-likeness (QED) is 0.229. The van der Waals surface area contributed by atoms with Crippen LogP contribution in [-0.2, 0) is 25.5 Å². The Labute approximate surface area is 216 Å². The molecule has 1 aliphatic heterocycles. The molecule has 1 N–H and O–H groups in total. The van der Waals surface area contributed by atoms with E-state index in [2.05, 4.69) is 10.2 Å². The topological polar surface area (TPSA) is 114 Å². The summed E-state index contributed by atoms with van der Waals surface area (Å²) < 4.78 is 31.6. The molecule has 0 amide bonds. The van der Waals surface area contributed by atoms with Crippen molar-refractivity contribution in [3.63, 3.8) is 0 Å².